The maximum absolute atomic E-state index is 5.45. The van der Waals surface area contributed by atoms with Crippen LogP contribution in [0.5, 0.6) is 0 Å². The van der Waals surface area contributed by atoms with Gasteiger partial charge >= 0.3 is 0 Å². The molecule has 0 radical (unpaired) electrons. The predicted octanol–water partition coefficient (Wildman–Crippen LogP) is 0.836. The van der Waals surface area contributed by atoms with Gasteiger partial charge in [0.2, 0.25) is 0 Å². The largest absolute Gasteiger partial charge is 0.380 e. The van der Waals surface area contributed by atoms with Crippen molar-refractivity contribution in [2.75, 3.05) is 33.3 Å². The van der Waals surface area contributed by atoms with Gasteiger partial charge in [-0.15, -0.1) is 0 Å². The van der Waals surface area contributed by atoms with Crippen LogP contribution in [0.2, 0.25) is 0 Å². The molecular formula is C10H22N2O. The molecule has 1 unspecified atom stereocenters. The Hall–Kier alpha value is -0.120. The first-order valence-corrected chi connectivity index (χ1v) is 5.32. The zero-order chi connectivity index (χ0) is 9.52. The van der Waals surface area contributed by atoms with E-state index in [1.54, 1.807) is 0 Å². The summed E-state index contributed by atoms with van der Waals surface area (Å²) >= 11 is 0. The maximum Gasteiger partial charge on any atom is 0.0698 e. The third kappa shape index (κ3) is 4.07. The lowest BCUT2D eigenvalue weighted by Gasteiger charge is -2.31. The summed E-state index contributed by atoms with van der Waals surface area (Å²) in [6.07, 6.45) is 5.35. The number of hydrogen-bond acceptors (Lipinski definition) is 3. The molecule has 0 spiro atoms. The van der Waals surface area contributed by atoms with Crippen molar-refractivity contribution in [3.63, 3.8) is 0 Å². The van der Waals surface area contributed by atoms with Gasteiger partial charge in [-0.2, -0.15) is 0 Å². The van der Waals surface area contributed by atoms with E-state index in [4.69, 9.17) is 10.5 Å². The summed E-state index contributed by atoms with van der Waals surface area (Å²) in [7, 11) is 1.81. The van der Waals surface area contributed by atoms with Crippen LogP contribution in [-0.4, -0.2) is 44.3 Å². The molecule has 3 nitrogen and oxygen atoms in total. The first-order valence-electron chi connectivity index (χ1n) is 5.32. The summed E-state index contributed by atoms with van der Waals surface area (Å²) in [4.78, 5) is 2.49. The van der Waals surface area contributed by atoms with Crippen molar-refractivity contribution in [2.45, 2.75) is 31.8 Å². The number of unbranched alkanes of at least 4 members (excludes halogenated alkanes) is 1. The minimum absolute atomic E-state index is 0.464. The van der Waals surface area contributed by atoms with Gasteiger partial charge in [-0.1, -0.05) is 0 Å². The topological polar surface area (TPSA) is 38.5 Å². The fraction of sp³-hybridized carbons (Fsp3) is 1.00. The van der Waals surface area contributed by atoms with Gasteiger partial charge in [0.1, 0.15) is 0 Å². The number of rotatable bonds is 5. The van der Waals surface area contributed by atoms with Crippen molar-refractivity contribution in [2.24, 2.45) is 5.73 Å². The summed E-state index contributed by atoms with van der Waals surface area (Å²) in [6, 6.07) is 0. The molecule has 1 aliphatic rings. The second-order valence-corrected chi connectivity index (χ2v) is 3.80. The summed E-state index contributed by atoms with van der Waals surface area (Å²) in [5.41, 5.74) is 5.45. The lowest BCUT2D eigenvalue weighted by atomic mass is 10.1. The molecular weight excluding hydrogens is 164 g/mol. The van der Waals surface area contributed by atoms with Crippen LogP contribution in [0.25, 0.3) is 0 Å². The van der Waals surface area contributed by atoms with Crippen LogP contribution < -0.4 is 5.73 Å². The Bertz CT molecular complexity index is 130. The molecule has 2 N–H and O–H groups in total. The Morgan fingerprint density at radius 2 is 2.31 bits per heavy atom. The summed E-state index contributed by atoms with van der Waals surface area (Å²) < 4.78 is 5.36. The second kappa shape index (κ2) is 6.35. The number of hydrogen-bond donors (Lipinski definition) is 1. The molecule has 0 amide bonds. The normalized spacial score (nSPS) is 24.9. The fourth-order valence-electron chi connectivity index (χ4n) is 1.89. The van der Waals surface area contributed by atoms with Crippen molar-refractivity contribution in [1.29, 1.82) is 0 Å². The number of nitrogens with two attached hydrogens (primary N) is 1. The molecule has 13 heavy (non-hydrogen) atoms. The number of ether oxygens (including phenoxy) is 1. The first kappa shape index (κ1) is 11.0. The van der Waals surface area contributed by atoms with Crippen LogP contribution in [0.15, 0.2) is 0 Å². The lowest BCUT2D eigenvalue weighted by Crippen LogP contribution is -2.39. The van der Waals surface area contributed by atoms with E-state index in [-0.39, 0.29) is 0 Å². The molecule has 1 saturated heterocycles. The monoisotopic (exact) mass is 186 g/mol. The zero-order valence-electron chi connectivity index (χ0n) is 8.67. The van der Waals surface area contributed by atoms with E-state index in [1.807, 2.05) is 7.11 Å². The van der Waals surface area contributed by atoms with Crippen LogP contribution in [-0.2, 0) is 4.74 Å². The van der Waals surface area contributed by atoms with E-state index in [0.717, 1.165) is 19.5 Å². The van der Waals surface area contributed by atoms with E-state index >= 15 is 0 Å². The van der Waals surface area contributed by atoms with Crippen LogP contribution in [0, 0.1) is 0 Å². The average Bonchev–Trinajstić information content (AvgIpc) is 2.19. The van der Waals surface area contributed by atoms with Gasteiger partial charge in [-0.05, 0) is 45.3 Å². The summed E-state index contributed by atoms with van der Waals surface area (Å²) in [5.74, 6) is 0. The fourth-order valence-corrected chi connectivity index (χ4v) is 1.89. The molecule has 0 aromatic heterocycles. The smallest absolute Gasteiger partial charge is 0.0698 e. The Kier molecular flexibility index (Phi) is 5.35. The molecule has 0 aromatic rings. The van der Waals surface area contributed by atoms with E-state index in [0.29, 0.717) is 6.10 Å². The highest BCUT2D eigenvalue weighted by molar-refractivity contribution is 4.72. The SMILES string of the molecule is COC1CCCN(CCCCN)C1. The highest BCUT2D eigenvalue weighted by Crippen LogP contribution is 2.12. The summed E-state index contributed by atoms with van der Waals surface area (Å²) in [5, 5.41) is 0. The van der Waals surface area contributed by atoms with Gasteiger partial charge in [-0.3, -0.25) is 0 Å². The second-order valence-electron chi connectivity index (χ2n) is 3.80. The van der Waals surface area contributed by atoms with Crippen LogP contribution >= 0.6 is 0 Å². The minimum Gasteiger partial charge on any atom is -0.380 e. The Morgan fingerprint density at radius 1 is 1.46 bits per heavy atom. The highest BCUT2D eigenvalue weighted by Gasteiger charge is 2.18. The number of methoxy groups -OCH3 is 1. The van der Waals surface area contributed by atoms with Crippen molar-refractivity contribution in [1.82, 2.24) is 4.90 Å². The Balaban J connectivity index is 2.11. The third-order valence-electron chi connectivity index (χ3n) is 2.72. The molecule has 0 aromatic carbocycles. The molecule has 1 atom stereocenters. The maximum atomic E-state index is 5.45. The van der Waals surface area contributed by atoms with E-state index < -0.39 is 0 Å². The summed E-state index contributed by atoms with van der Waals surface area (Å²) in [6.45, 7) is 4.37. The van der Waals surface area contributed by atoms with E-state index in [1.165, 1.54) is 32.4 Å². The standard InChI is InChI=1S/C10H22N2O/c1-13-10-5-4-8-12(9-10)7-3-2-6-11/h10H,2-9,11H2,1H3. The van der Waals surface area contributed by atoms with Gasteiger partial charge in [0, 0.05) is 13.7 Å². The molecule has 78 valence electrons. The van der Waals surface area contributed by atoms with E-state index in [2.05, 4.69) is 4.90 Å². The van der Waals surface area contributed by atoms with E-state index in [9.17, 15) is 0 Å². The van der Waals surface area contributed by atoms with Gasteiger partial charge in [0.15, 0.2) is 0 Å². The average molecular weight is 186 g/mol. The quantitative estimate of drug-likeness (QED) is 0.647. The molecule has 1 aliphatic heterocycles. The first-order chi connectivity index (χ1) is 6.36. The lowest BCUT2D eigenvalue weighted by molar-refractivity contribution is 0.0310. The third-order valence-corrected chi connectivity index (χ3v) is 2.72. The van der Waals surface area contributed by atoms with Crippen molar-refractivity contribution < 1.29 is 4.74 Å². The van der Waals surface area contributed by atoms with Gasteiger partial charge < -0.3 is 15.4 Å². The van der Waals surface area contributed by atoms with Gasteiger partial charge in [-0.25, -0.2) is 0 Å². The molecule has 0 bridgehead atoms. The number of likely N-dealkylation sites (tertiary alicyclic amines) is 1. The predicted molar refractivity (Wildman–Crippen MR) is 54.8 cm³/mol. The van der Waals surface area contributed by atoms with Crippen molar-refractivity contribution >= 4 is 0 Å². The van der Waals surface area contributed by atoms with Crippen molar-refractivity contribution in [3.05, 3.63) is 0 Å². The van der Waals surface area contributed by atoms with Crippen molar-refractivity contribution in [3.8, 4) is 0 Å². The zero-order valence-corrected chi connectivity index (χ0v) is 8.67. The van der Waals surface area contributed by atoms with Crippen LogP contribution in [0.4, 0.5) is 0 Å². The molecule has 0 aliphatic carbocycles. The Labute approximate surface area is 81.2 Å². The molecule has 1 fully saturated rings. The molecule has 3 heteroatoms. The van der Waals surface area contributed by atoms with Gasteiger partial charge in [0.05, 0.1) is 6.10 Å². The van der Waals surface area contributed by atoms with Crippen LogP contribution in [0.3, 0.4) is 0 Å². The number of nitrogens with zero attached hydrogens (tertiary/aromatic N) is 1. The highest BCUT2D eigenvalue weighted by atomic mass is 16.5. The molecule has 0 saturated carbocycles. The Morgan fingerprint density at radius 3 is 3.00 bits per heavy atom. The van der Waals surface area contributed by atoms with Crippen LogP contribution in [0.1, 0.15) is 25.7 Å². The molecule has 1 heterocycles. The van der Waals surface area contributed by atoms with Gasteiger partial charge in [0.25, 0.3) is 0 Å². The minimum atomic E-state index is 0.464. The number of piperidine rings is 1. The molecule has 1 rings (SSSR count).